The molecule has 0 fully saturated rings. The van der Waals surface area contributed by atoms with Gasteiger partial charge in [0, 0.05) is 18.9 Å². The van der Waals surface area contributed by atoms with Crippen molar-refractivity contribution in [1.82, 2.24) is 24.6 Å². The Morgan fingerprint density at radius 3 is 2.26 bits per heavy atom. The molecule has 1 N–H and O–H groups in total. The Labute approximate surface area is 196 Å². The van der Waals surface area contributed by atoms with E-state index in [9.17, 15) is 14.4 Å². The maximum absolute atomic E-state index is 13.4. The number of carbonyl (C=O) groups excluding carboxylic acids is 1. The fourth-order valence-electron chi connectivity index (χ4n) is 3.68. The molecule has 0 bridgehead atoms. The van der Waals surface area contributed by atoms with E-state index in [1.165, 1.54) is 0 Å². The minimum Gasteiger partial charge on any atom is -0.346 e. The molecular weight excluding hydrogens is 430 g/mol. The summed E-state index contributed by atoms with van der Waals surface area (Å²) in [6.07, 6.45) is 3.26. The number of aromatic nitrogens is 4. The molecule has 2 aromatic carbocycles. The predicted octanol–water partition coefficient (Wildman–Crippen LogP) is 2.69. The topological polar surface area (TPSA) is 98.9 Å². The number of rotatable bonds is 6. The van der Waals surface area contributed by atoms with Gasteiger partial charge in [0.15, 0.2) is 0 Å². The van der Waals surface area contributed by atoms with Gasteiger partial charge in [0.05, 0.1) is 12.2 Å². The molecule has 4 aromatic rings. The highest BCUT2D eigenvalue weighted by Gasteiger charge is 2.20. The lowest BCUT2D eigenvalue weighted by Gasteiger charge is -2.13. The third kappa shape index (κ3) is 5.01. The Morgan fingerprint density at radius 2 is 1.62 bits per heavy atom. The lowest BCUT2D eigenvalue weighted by molar-refractivity contribution is 0.0941. The van der Waals surface area contributed by atoms with E-state index in [0.717, 1.165) is 37.1 Å². The zero-order chi connectivity index (χ0) is 24.2. The van der Waals surface area contributed by atoms with Gasteiger partial charge in [-0.2, -0.15) is 9.78 Å². The van der Waals surface area contributed by atoms with E-state index in [4.69, 9.17) is 0 Å². The Kier molecular flexibility index (Phi) is 6.49. The molecule has 0 spiro atoms. The van der Waals surface area contributed by atoms with E-state index in [1.54, 1.807) is 30.6 Å². The smallest absolute Gasteiger partial charge is 0.346 e. The van der Waals surface area contributed by atoms with Crippen LogP contribution in [0.2, 0.25) is 0 Å². The highest BCUT2D eigenvalue weighted by atomic mass is 16.2. The van der Waals surface area contributed by atoms with Gasteiger partial charge in [-0.25, -0.2) is 4.79 Å². The zero-order valence-electron chi connectivity index (χ0n) is 19.3. The number of pyridine rings is 1. The summed E-state index contributed by atoms with van der Waals surface area (Å²) in [4.78, 5) is 43.6. The molecule has 0 radical (unpaired) electrons. The van der Waals surface area contributed by atoms with Crippen LogP contribution in [0.5, 0.6) is 0 Å². The van der Waals surface area contributed by atoms with Crippen LogP contribution in [0, 0.1) is 20.8 Å². The Morgan fingerprint density at radius 1 is 0.912 bits per heavy atom. The number of hydrogen-bond acceptors (Lipinski definition) is 5. The molecule has 2 heterocycles. The number of carbonyl (C=O) groups is 1. The first kappa shape index (κ1) is 22.8. The van der Waals surface area contributed by atoms with Crippen LogP contribution in [0.4, 0.5) is 0 Å². The second-order valence-electron chi connectivity index (χ2n) is 8.31. The average Bonchev–Trinajstić information content (AvgIpc) is 2.81. The second-order valence-corrected chi connectivity index (χ2v) is 8.31. The number of nitrogens with zero attached hydrogens (tertiary/aromatic N) is 4. The maximum Gasteiger partial charge on any atom is 0.352 e. The third-order valence-corrected chi connectivity index (χ3v) is 5.36. The van der Waals surface area contributed by atoms with Crippen LogP contribution in [-0.2, 0) is 13.1 Å². The molecule has 0 unspecified atom stereocenters. The molecule has 1 amide bonds. The fourth-order valence-corrected chi connectivity index (χ4v) is 3.68. The van der Waals surface area contributed by atoms with Crippen molar-refractivity contribution in [3.8, 4) is 5.69 Å². The summed E-state index contributed by atoms with van der Waals surface area (Å²) in [7, 11) is 0. The van der Waals surface area contributed by atoms with Crippen LogP contribution >= 0.6 is 0 Å². The first-order valence-electron chi connectivity index (χ1n) is 10.9. The van der Waals surface area contributed by atoms with Gasteiger partial charge in [-0.1, -0.05) is 42.0 Å². The summed E-state index contributed by atoms with van der Waals surface area (Å²) < 4.78 is 2.17. The van der Waals surface area contributed by atoms with Crippen LogP contribution < -0.4 is 16.6 Å². The van der Waals surface area contributed by atoms with Gasteiger partial charge in [-0.05, 0) is 61.2 Å². The molecule has 0 aliphatic heterocycles. The zero-order valence-corrected chi connectivity index (χ0v) is 19.3. The molecule has 0 aliphatic rings. The fraction of sp³-hybridized carbons (Fsp3) is 0.192. The van der Waals surface area contributed by atoms with Crippen molar-refractivity contribution in [2.24, 2.45) is 0 Å². The second kappa shape index (κ2) is 9.66. The molecule has 172 valence electrons. The largest absolute Gasteiger partial charge is 0.352 e. The van der Waals surface area contributed by atoms with Crippen LogP contribution in [-0.4, -0.2) is 25.2 Å². The lowest BCUT2D eigenvalue weighted by Crippen LogP contribution is -2.46. The van der Waals surface area contributed by atoms with Gasteiger partial charge in [-0.3, -0.25) is 19.1 Å². The van der Waals surface area contributed by atoms with Gasteiger partial charge < -0.3 is 5.32 Å². The molecule has 0 saturated carbocycles. The number of nitrogens with one attached hydrogen (secondary N) is 1. The van der Waals surface area contributed by atoms with Crippen molar-refractivity contribution in [3.05, 3.63) is 121 Å². The monoisotopic (exact) mass is 455 g/mol. The summed E-state index contributed by atoms with van der Waals surface area (Å²) in [5.41, 5.74) is 3.26. The standard InChI is InChI=1S/C26H25N5O3/c1-17-6-8-20(9-7-17)16-30-25(33)23(24(32)28-15-21-5-4-10-27-14-21)29-31(26(30)34)22-12-18(2)11-19(3)13-22/h4-14H,15-16H2,1-3H3,(H,28,32). The summed E-state index contributed by atoms with van der Waals surface area (Å²) in [5, 5.41) is 6.90. The molecule has 34 heavy (non-hydrogen) atoms. The SMILES string of the molecule is Cc1ccc(Cn2c(=O)c(C(=O)NCc3cccnc3)nn(-c3cc(C)cc(C)c3)c2=O)cc1. The van der Waals surface area contributed by atoms with E-state index in [-0.39, 0.29) is 18.8 Å². The maximum atomic E-state index is 13.4. The molecule has 8 nitrogen and oxygen atoms in total. The van der Waals surface area contributed by atoms with Crippen LogP contribution in [0.3, 0.4) is 0 Å². The van der Waals surface area contributed by atoms with E-state index < -0.39 is 17.2 Å². The van der Waals surface area contributed by atoms with Gasteiger partial charge in [0.25, 0.3) is 11.5 Å². The molecule has 8 heteroatoms. The Bertz CT molecular complexity index is 1430. The number of aryl methyl sites for hydroxylation is 3. The van der Waals surface area contributed by atoms with Crippen LogP contribution in [0.1, 0.15) is 38.3 Å². The molecule has 0 aliphatic carbocycles. The van der Waals surface area contributed by atoms with E-state index in [1.807, 2.05) is 57.2 Å². The van der Waals surface area contributed by atoms with Gasteiger partial charge >= 0.3 is 5.69 Å². The minimum atomic E-state index is -0.741. The molecule has 2 aromatic heterocycles. The molecule has 0 saturated heterocycles. The van der Waals surface area contributed by atoms with Crippen LogP contribution in [0.25, 0.3) is 5.69 Å². The van der Waals surface area contributed by atoms with Crippen molar-refractivity contribution in [2.45, 2.75) is 33.9 Å². The lowest BCUT2D eigenvalue weighted by atomic mass is 10.1. The highest BCUT2D eigenvalue weighted by Crippen LogP contribution is 2.11. The first-order chi connectivity index (χ1) is 16.3. The summed E-state index contributed by atoms with van der Waals surface area (Å²) in [6, 6.07) is 16.6. The number of benzene rings is 2. The van der Waals surface area contributed by atoms with Gasteiger partial charge in [0.1, 0.15) is 0 Å². The first-order valence-corrected chi connectivity index (χ1v) is 10.9. The molecule has 0 atom stereocenters. The van der Waals surface area contributed by atoms with Crippen molar-refractivity contribution in [3.63, 3.8) is 0 Å². The molecule has 4 rings (SSSR count). The molecular formula is C26H25N5O3. The van der Waals surface area contributed by atoms with E-state index >= 15 is 0 Å². The quantitative estimate of drug-likeness (QED) is 0.482. The van der Waals surface area contributed by atoms with Crippen LogP contribution in [0.15, 0.2) is 76.6 Å². The highest BCUT2D eigenvalue weighted by molar-refractivity contribution is 5.91. The number of hydrogen-bond donors (Lipinski definition) is 1. The van der Waals surface area contributed by atoms with Crippen molar-refractivity contribution in [2.75, 3.05) is 0 Å². The van der Waals surface area contributed by atoms with Crippen molar-refractivity contribution in [1.29, 1.82) is 0 Å². The summed E-state index contributed by atoms with van der Waals surface area (Å²) in [5.74, 6) is -0.662. The summed E-state index contributed by atoms with van der Waals surface area (Å²) in [6.45, 7) is 5.97. The van der Waals surface area contributed by atoms with Gasteiger partial charge in [-0.15, -0.1) is 0 Å². The van der Waals surface area contributed by atoms with Gasteiger partial charge in [0.2, 0.25) is 5.69 Å². The predicted molar refractivity (Wildman–Crippen MR) is 129 cm³/mol. The third-order valence-electron chi connectivity index (χ3n) is 5.36. The van der Waals surface area contributed by atoms with E-state index in [0.29, 0.717) is 5.69 Å². The normalized spacial score (nSPS) is 10.8. The van der Waals surface area contributed by atoms with E-state index in [2.05, 4.69) is 15.4 Å². The number of amides is 1. The minimum absolute atomic E-state index is 0.0220. The average molecular weight is 456 g/mol. The Hall–Kier alpha value is -4.33. The van der Waals surface area contributed by atoms with Crippen molar-refractivity contribution < 1.29 is 4.79 Å². The van der Waals surface area contributed by atoms with Crippen molar-refractivity contribution >= 4 is 5.91 Å². The summed E-state index contributed by atoms with van der Waals surface area (Å²) >= 11 is 0. The Balaban J connectivity index is 1.81.